The molecule has 2 N–H and O–H groups in total. The molecule has 9 heteroatoms. The molecule has 0 aliphatic carbocycles. The molecule has 0 atom stereocenters. The van der Waals surface area contributed by atoms with Gasteiger partial charge in [0.2, 0.25) is 0 Å². The third-order valence-electron chi connectivity index (χ3n) is 3.11. The van der Waals surface area contributed by atoms with Crippen molar-refractivity contribution in [3.63, 3.8) is 0 Å². The summed E-state index contributed by atoms with van der Waals surface area (Å²) in [5, 5.41) is 5.98. The standard InChI is InChI=1S/C17H26F3N3O2.HI/c1-5-21-16(22-8-9-24-4)23-11-13-6-7-14(25-12(2)3)10-15(13)17(18,19)20;/h6-7,10,12H,5,8-9,11H2,1-4H3,(H2,21,22,23);1H. The topological polar surface area (TPSA) is 54.9 Å². The van der Waals surface area contributed by atoms with Gasteiger partial charge in [0.1, 0.15) is 5.75 Å². The first kappa shape index (κ1) is 24.8. The van der Waals surface area contributed by atoms with Crippen molar-refractivity contribution in [1.29, 1.82) is 0 Å². The summed E-state index contributed by atoms with van der Waals surface area (Å²) in [4.78, 5) is 4.22. The van der Waals surface area contributed by atoms with E-state index in [1.807, 2.05) is 6.92 Å². The van der Waals surface area contributed by atoms with E-state index >= 15 is 0 Å². The maximum atomic E-state index is 13.3. The Morgan fingerprint density at radius 2 is 1.92 bits per heavy atom. The van der Waals surface area contributed by atoms with Crippen LogP contribution in [0, 0.1) is 0 Å². The minimum absolute atomic E-state index is 0. The highest BCUT2D eigenvalue weighted by atomic mass is 127. The lowest BCUT2D eigenvalue weighted by atomic mass is 10.1. The van der Waals surface area contributed by atoms with Crippen LogP contribution < -0.4 is 15.4 Å². The Hall–Kier alpha value is -1.23. The number of guanidine groups is 1. The quantitative estimate of drug-likeness (QED) is 0.253. The van der Waals surface area contributed by atoms with Crippen molar-refractivity contribution in [2.24, 2.45) is 4.99 Å². The summed E-state index contributed by atoms with van der Waals surface area (Å²) >= 11 is 0. The lowest BCUT2D eigenvalue weighted by Gasteiger charge is -2.16. The maximum absolute atomic E-state index is 13.3. The van der Waals surface area contributed by atoms with E-state index in [0.717, 1.165) is 6.07 Å². The normalized spacial score (nSPS) is 11.9. The molecule has 150 valence electrons. The number of alkyl halides is 3. The molecule has 1 rings (SSSR count). The Morgan fingerprint density at radius 1 is 1.23 bits per heavy atom. The van der Waals surface area contributed by atoms with Gasteiger partial charge < -0.3 is 20.1 Å². The SMILES string of the molecule is CCNC(=NCc1ccc(OC(C)C)cc1C(F)(F)F)NCCOC.I. The summed E-state index contributed by atoms with van der Waals surface area (Å²) in [5.74, 6) is 0.635. The number of aliphatic imine (C=N–C) groups is 1. The van der Waals surface area contributed by atoms with Crippen molar-refractivity contribution >= 4 is 29.9 Å². The van der Waals surface area contributed by atoms with E-state index in [1.54, 1.807) is 21.0 Å². The summed E-state index contributed by atoms with van der Waals surface area (Å²) < 4.78 is 50.3. The molecule has 0 bridgehead atoms. The predicted octanol–water partition coefficient (Wildman–Crippen LogP) is 3.81. The third-order valence-corrected chi connectivity index (χ3v) is 3.11. The van der Waals surface area contributed by atoms with Gasteiger partial charge >= 0.3 is 6.18 Å². The smallest absolute Gasteiger partial charge is 0.416 e. The van der Waals surface area contributed by atoms with Gasteiger partial charge in [-0.15, -0.1) is 24.0 Å². The highest BCUT2D eigenvalue weighted by molar-refractivity contribution is 14.0. The van der Waals surface area contributed by atoms with E-state index in [1.165, 1.54) is 12.1 Å². The van der Waals surface area contributed by atoms with Crippen molar-refractivity contribution in [3.8, 4) is 5.75 Å². The molecule has 0 amide bonds. The van der Waals surface area contributed by atoms with Crippen LogP contribution in [0.15, 0.2) is 23.2 Å². The summed E-state index contributed by atoms with van der Waals surface area (Å²) in [7, 11) is 1.57. The first-order valence-electron chi connectivity index (χ1n) is 8.15. The van der Waals surface area contributed by atoms with Crippen LogP contribution >= 0.6 is 24.0 Å². The monoisotopic (exact) mass is 489 g/mol. The van der Waals surface area contributed by atoms with Gasteiger partial charge in [0.05, 0.1) is 24.8 Å². The molecule has 1 aromatic carbocycles. The van der Waals surface area contributed by atoms with E-state index in [9.17, 15) is 13.2 Å². The number of benzene rings is 1. The second kappa shape index (κ2) is 12.2. The second-order valence-electron chi connectivity index (χ2n) is 5.60. The average Bonchev–Trinajstić information content (AvgIpc) is 2.52. The van der Waals surface area contributed by atoms with Gasteiger partial charge in [-0.25, -0.2) is 4.99 Å². The molecule has 0 radical (unpaired) electrons. The Kier molecular flexibility index (Phi) is 11.6. The van der Waals surface area contributed by atoms with E-state index in [2.05, 4.69) is 15.6 Å². The number of halogens is 4. The third kappa shape index (κ3) is 8.93. The largest absolute Gasteiger partial charge is 0.491 e. The molecule has 0 heterocycles. The fourth-order valence-corrected chi connectivity index (χ4v) is 2.08. The Bertz CT molecular complexity index is 567. The number of rotatable bonds is 8. The molecule has 0 saturated carbocycles. The molecule has 0 spiro atoms. The summed E-state index contributed by atoms with van der Waals surface area (Å²) in [5.41, 5.74) is -0.644. The molecule has 0 aliphatic heterocycles. The van der Waals surface area contributed by atoms with Crippen LogP contribution in [0.25, 0.3) is 0 Å². The van der Waals surface area contributed by atoms with Crippen LogP contribution in [0.2, 0.25) is 0 Å². The van der Waals surface area contributed by atoms with Crippen LogP contribution in [0.3, 0.4) is 0 Å². The zero-order valence-corrected chi connectivity index (χ0v) is 17.8. The Balaban J connectivity index is 0.00000625. The van der Waals surface area contributed by atoms with Gasteiger partial charge in [-0.2, -0.15) is 13.2 Å². The lowest BCUT2D eigenvalue weighted by molar-refractivity contribution is -0.138. The van der Waals surface area contributed by atoms with E-state index in [0.29, 0.717) is 25.7 Å². The number of hydrogen-bond donors (Lipinski definition) is 2. The molecular formula is C17H27F3IN3O2. The van der Waals surface area contributed by atoms with Crippen LogP contribution in [0.4, 0.5) is 13.2 Å². The number of nitrogens with zero attached hydrogens (tertiary/aromatic N) is 1. The maximum Gasteiger partial charge on any atom is 0.416 e. The summed E-state index contributed by atoms with van der Waals surface area (Å²) in [6.45, 7) is 6.90. The average molecular weight is 489 g/mol. The van der Waals surface area contributed by atoms with Gasteiger partial charge in [-0.1, -0.05) is 6.07 Å². The Labute approximate surface area is 169 Å². The van der Waals surface area contributed by atoms with E-state index < -0.39 is 11.7 Å². The van der Waals surface area contributed by atoms with Crippen molar-refractivity contribution in [2.75, 3.05) is 26.8 Å². The number of ether oxygens (including phenoxy) is 2. The second-order valence-corrected chi connectivity index (χ2v) is 5.60. The van der Waals surface area contributed by atoms with E-state index in [4.69, 9.17) is 9.47 Å². The number of nitrogens with one attached hydrogen (secondary N) is 2. The summed E-state index contributed by atoms with van der Waals surface area (Å²) in [6, 6.07) is 3.96. The zero-order chi connectivity index (χ0) is 18.9. The van der Waals surface area contributed by atoms with Crippen LogP contribution in [0.5, 0.6) is 5.75 Å². The number of methoxy groups -OCH3 is 1. The fourth-order valence-electron chi connectivity index (χ4n) is 2.08. The first-order chi connectivity index (χ1) is 11.8. The molecule has 5 nitrogen and oxygen atoms in total. The molecule has 0 saturated heterocycles. The van der Waals surface area contributed by atoms with Crippen LogP contribution in [-0.4, -0.2) is 38.9 Å². The van der Waals surface area contributed by atoms with Crippen molar-refractivity contribution in [1.82, 2.24) is 10.6 Å². The fraction of sp³-hybridized carbons (Fsp3) is 0.588. The Morgan fingerprint density at radius 3 is 2.46 bits per heavy atom. The van der Waals surface area contributed by atoms with Crippen molar-refractivity contribution in [3.05, 3.63) is 29.3 Å². The molecule has 1 aromatic rings. The van der Waals surface area contributed by atoms with E-state index in [-0.39, 0.29) is 47.9 Å². The molecule has 26 heavy (non-hydrogen) atoms. The van der Waals surface area contributed by atoms with Gasteiger partial charge in [-0.05, 0) is 38.5 Å². The van der Waals surface area contributed by atoms with Crippen molar-refractivity contribution < 1.29 is 22.6 Å². The zero-order valence-electron chi connectivity index (χ0n) is 15.4. The van der Waals surface area contributed by atoms with Crippen LogP contribution in [-0.2, 0) is 17.5 Å². The lowest BCUT2D eigenvalue weighted by Crippen LogP contribution is -2.38. The van der Waals surface area contributed by atoms with Crippen molar-refractivity contribution in [2.45, 2.75) is 39.6 Å². The summed E-state index contributed by atoms with van der Waals surface area (Å²) in [6.07, 6.45) is -4.67. The predicted molar refractivity (Wildman–Crippen MR) is 107 cm³/mol. The van der Waals surface area contributed by atoms with Gasteiger partial charge in [0.15, 0.2) is 5.96 Å². The highest BCUT2D eigenvalue weighted by Crippen LogP contribution is 2.35. The molecule has 0 aliphatic rings. The van der Waals surface area contributed by atoms with Gasteiger partial charge in [-0.3, -0.25) is 0 Å². The minimum Gasteiger partial charge on any atom is -0.491 e. The van der Waals surface area contributed by atoms with Gasteiger partial charge in [0.25, 0.3) is 0 Å². The molecule has 0 fully saturated rings. The van der Waals surface area contributed by atoms with Crippen LogP contribution in [0.1, 0.15) is 31.9 Å². The highest BCUT2D eigenvalue weighted by Gasteiger charge is 2.33. The molecular weight excluding hydrogens is 462 g/mol. The molecule has 0 aromatic heterocycles. The van der Waals surface area contributed by atoms with Gasteiger partial charge in [0, 0.05) is 20.2 Å². The number of hydrogen-bond acceptors (Lipinski definition) is 3. The first-order valence-corrected chi connectivity index (χ1v) is 8.15. The molecule has 0 unspecified atom stereocenters. The minimum atomic E-state index is -4.47.